The van der Waals surface area contributed by atoms with E-state index in [0.717, 1.165) is 6.54 Å². The number of carbonyl (C=O) groups excluding carboxylic acids is 1. The summed E-state index contributed by atoms with van der Waals surface area (Å²) in [4.78, 5) is 18.5. The number of hydrogen-bond donors (Lipinski definition) is 0. The van der Waals surface area contributed by atoms with Crippen LogP contribution in [0, 0.1) is 42.9 Å². The van der Waals surface area contributed by atoms with E-state index < -0.39 is 47.2 Å². The summed E-state index contributed by atoms with van der Waals surface area (Å²) in [7, 11) is 1.84. The summed E-state index contributed by atoms with van der Waals surface area (Å²) in [5.41, 5.74) is 0.602. The van der Waals surface area contributed by atoms with Gasteiger partial charge in [0, 0.05) is 13.6 Å². The smallest absolute Gasteiger partial charge is 0.338 e. The first kappa shape index (κ1) is 22.3. The molecule has 0 saturated heterocycles. The molecule has 0 unspecified atom stereocenters. The van der Waals surface area contributed by atoms with E-state index in [2.05, 4.69) is 4.99 Å². The number of hydrogen-bond acceptors (Lipinski definition) is 3. The van der Waals surface area contributed by atoms with Gasteiger partial charge in [-0.2, -0.15) is 0 Å². The molecule has 0 aliphatic rings. The van der Waals surface area contributed by atoms with Crippen LogP contribution in [0.4, 0.5) is 27.6 Å². The third kappa shape index (κ3) is 4.72. The van der Waals surface area contributed by atoms with Crippen LogP contribution in [-0.4, -0.2) is 30.8 Å². The van der Waals surface area contributed by atoms with Gasteiger partial charge >= 0.3 is 5.97 Å². The minimum atomic E-state index is -2.27. The van der Waals surface area contributed by atoms with Crippen LogP contribution >= 0.6 is 0 Å². The summed E-state index contributed by atoms with van der Waals surface area (Å²) in [6.45, 7) is 4.91. The van der Waals surface area contributed by atoms with Crippen molar-refractivity contribution in [2.24, 2.45) is 4.99 Å². The molecule has 0 amide bonds. The van der Waals surface area contributed by atoms with Crippen molar-refractivity contribution in [1.29, 1.82) is 0 Å². The minimum absolute atomic E-state index is 0.0918. The van der Waals surface area contributed by atoms with Crippen molar-refractivity contribution < 1.29 is 31.5 Å². The van der Waals surface area contributed by atoms with E-state index in [1.807, 2.05) is 18.9 Å². The molecule has 0 atom stereocenters. The second-order valence-corrected chi connectivity index (χ2v) is 6.40. The van der Waals surface area contributed by atoms with Crippen LogP contribution in [0.3, 0.4) is 0 Å². The number of benzene rings is 2. The predicted octanol–water partition coefficient (Wildman–Crippen LogP) is 4.97. The molecule has 0 bridgehead atoms. The van der Waals surface area contributed by atoms with Gasteiger partial charge in [0.15, 0.2) is 23.3 Å². The van der Waals surface area contributed by atoms with E-state index in [1.54, 1.807) is 26.3 Å². The van der Waals surface area contributed by atoms with Gasteiger partial charge < -0.3 is 9.64 Å². The van der Waals surface area contributed by atoms with Crippen LogP contribution in [0.5, 0.6) is 0 Å². The summed E-state index contributed by atoms with van der Waals surface area (Å²) in [5.74, 6) is -11.5. The van der Waals surface area contributed by atoms with Gasteiger partial charge in [0.05, 0.1) is 23.2 Å². The fourth-order valence-electron chi connectivity index (χ4n) is 2.39. The van der Waals surface area contributed by atoms with Crippen molar-refractivity contribution in [2.45, 2.75) is 27.4 Å². The number of carbonyl (C=O) groups is 1. The third-order valence-electron chi connectivity index (χ3n) is 4.30. The summed E-state index contributed by atoms with van der Waals surface area (Å²) in [6.07, 6.45) is 1.63. The molecule has 0 radical (unpaired) electrons. The van der Waals surface area contributed by atoms with Crippen LogP contribution in [0.15, 0.2) is 17.1 Å². The average Bonchev–Trinajstić information content (AvgIpc) is 2.70. The molecule has 29 heavy (non-hydrogen) atoms. The van der Waals surface area contributed by atoms with E-state index in [4.69, 9.17) is 4.74 Å². The van der Waals surface area contributed by atoms with Crippen LogP contribution in [0.25, 0.3) is 0 Å². The first-order valence-electron chi connectivity index (χ1n) is 8.61. The second-order valence-electron chi connectivity index (χ2n) is 6.40. The zero-order chi connectivity index (χ0) is 21.9. The Bertz CT molecular complexity index is 947. The summed E-state index contributed by atoms with van der Waals surface area (Å²) in [6, 6.07) is 3.11. The van der Waals surface area contributed by atoms with E-state index in [1.165, 1.54) is 6.07 Å². The van der Waals surface area contributed by atoms with E-state index >= 15 is 0 Å². The van der Waals surface area contributed by atoms with Gasteiger partial charge in [0.2, 0.25) is 5.82 Å². The summed E-state index contributed by atoms with van der Waals surface area (Å²) < 4.78 is 71.8. The van der Waals surface area contributed by atoms with Gasteiger partial charge in [-0.1, -0.05) is 0 Å². The summed E-state index contributed by atoms with van der Waals surface area (Å²) >= 11 is 0. The topological polar surface area (TPSA) is 41.9 Å². The van der Waals surface area contributed by atoms with Gasteiger partial charge in [-0.3, -0.25) is 0 Å². The third-order valence-corrected chi connectivity index (χ3v) is 4.30. The largest absolute Gasteiger partial charge is 0.457 e. The molecule has 2 aromatic carbocycles. The number of rotatable bonds is 6. The quantitative estimate of drug-likeness (QED) is 0.167. The fraction of sp³-hybridized carbons (Fsp3) is 0.300. The molecule has 0 spiro atoms. The number of aryl methyl sites for hydroxylation is 2. The highest BCUT2D eigenvalue weighted by molar-refractivity contribution is 5.92. The normalized spacial score (nSPS) is 11.2. The lowest BCUT2D eigenvalue weighted by molar-refractivity contribution is 0.0461. The maximum Gasteiger partial charge on any atom is 0.338 e. The first-order valence-corrected chi connectivity index (χ1v) is 8.61. The Morgan fingerprint density at radius 1 is 1.00 bits per heavy atom. The predicted molar refractivity (Wildman–Crippen MR) is 97.7 cm³/mol. The molecule has 2 aromatic rings. The van der Waals surface area contributed by atoms with Crippen molar-refractivity contribution >= 4 is 18.0 Å². The standard InChI is InChI=1S/C20H19F5N2O2/c1-5-27(4)9-26-14-7-10(2)12(6-11(14)3)20(28)29-8-13-15(21)17(23)19(25)18(24)16(13)22/h6-7,9H,5,8H2,1-4H3. The number of esters is 1. The summed E-state index contributed by atoms with van der Waals surface area (Å²) in [5, 5.41) is 0. The van der Waals surface area contributed by atoms with Gasteiger partial charge in [-0.25, -0.2) is 31.7 Å². The molecule has 0 saturated carbocycles. The van der Waals surface area contributed by atoms with Gasteiger partial charge in [0.25, 0.3) is 0 Å². The Labute approximate surface area is 164 Å². The molecular weight excluding hydrogens is 395 g/mol. The van der Waals surface area contributed by atoms with Crippen LogP contribution in [0.2, 0.25) is 0 Å². The molecule has 0 fully saturated rings. The maximum absolute atomic E-state index is 13.7. The molecule has 0 heterocycles. The van der Waals surface area contributed by atoms with Crippen LogP contribution < -0.4 is 0 Å². The Morgan fingerprint density at radius 3 is 2.10 bits per heavy atom. The average molecular weight is 414 g/mol. The maximum atomic E-state index is 13.7. The number of ether oxygens (including phenoxy) is 1. The minimum Gasteiger partial charge on any atom is -0.457 e. The molecule has 4 nitrogen and oxygen atoms in total. The number of halogens is 5. The van der Waals surface area contributed by atoms with Crippen molar-refractivity contribution in [3.63, 3.8) is 0 Å². The lowest BCUT2D eigenvalue weighted by atomic mass is 10.0. The van der Waals surface area contributed by atoms with Crippen LogP contribution in [0.1, 0.15) is 34.0 Å². The highest BCUT2D eigenvalue weighted by atomic mass is 19.2. The zero-order valence-electron chi connectivity index (χ0n) is 16.2. The van der Waals surface area contributed by atoms with Crippen molar-refractivity contribution in [3.8, 4) is 0 Å². The molecule has 0 aliphatic heterocycles. The SMILES string of the molecule is CCN(C)C=Nc1cc(C)c(C(=O)OCc2c(F)c(F)c(F)c(F)c2F)cc1C. The van der Waals surface area contributed by atoms with Crippen molar-refractivity contribution in [1.82, 2.24) is 4.90 Å². The molecule has 2 rings (SSSR count). The fourth-order valence-corrected chi connectivity index (χ4v) is 2.39. The molecule has 9 heteroatoms. The van der Waals surface area contributed by atoms with E-state index in [0.29, 0.717) is 16.8 Å². The Morgan fingerprint density at radius 2 is 1.55 bits per heavy atom. The second kappa shape index (κ2) is 9.02. The Balaban J connectivity index is 2.25. The molecular formula is C20H19F5N2O2. The molecule has 0 aromatic heterocycles. The highest BCUT2D eigenvalue weighted by Gasteiger charge is 2.26. The zero-order valence-corrected chi connectivity index (χ0v) is 16.2. The van der Waals surface area contributed by atoms with Gasteiger partial charge in [0.1, 0.15) is 6.61 Å². The number of nitrogens with zero attached hydrogens (tertiary/aromatic N) is 2. The van der Waals surface area contributed by atoms with Crippen molar-refractivity contribution in [3.05, 3.63) is 63.5 Å². The van der Waals surface area contributed by atoms with Gasteiger partial charge in [-0.05, 0) is 44.0 Å². The highest BCUT2D eigenvalue weighted by Crippen LogP contribution is 2.26. The lowest BCUT2D eigenvalue weighted by Crippen LogP contribution is -2.14. The molecule has 0 aliphatic carbocycles. The van der Waals surface area contributed by atoms with Gasteiger partial charge in [-0.15, -0.1) is 0 Å². The Kier molecular flexibility index (Phi) is 6.94. The first-order chi connectivity index (χ1) is 13.6. The Hall–Kier alpha value is -2.97. The monoisotopic (exact) mass is 414 g/mol. The molecule has 156 valence electrons. The van der Waals surface area contributed by atoms with E-state index in [-0.39, 0.29) is 5.56 Å². The van der Waals surface area contributed by atoms with E-state index in [9.17, 15) is 26.7 Å². The number of aliphatic imine (C=N–C) groups is 1. The molecule has 0 N–H and O–H groups in total. The lowest BCUT2D eigenvalue weighted by Gasteiger charge is -2.12. The van der Waals surface area contributed by atoms with Crippen molar-refractivity contribution in [2.75, 3.05) is 13.6 Å². The van der Waals surface area contributed by atoms with Crippen LogP contribution in [-0.2, 0) is 11.3 Å².